The lowest BCUT2D eigenvalue weighted by Gasteiger charge is -2.32. The van der Waals surface area contributed by atoms with E-state index in [0.29, 0.717) is 40.3 Å². The fourth-order valence-electron chi connectivity index (χ4n) is 3.46. The van der Waals surface area contributed by atoms with Gasteiger partial charge in [-0.05, 0) is 49.2 Å². The Morgan fingerprint density at radius 2 is 1.93 bits per heavy atom. The third-order valence-corrected chi connectivity index (χ3v) is 5.52. The van der Waals surface area contributed by atoms with Gasteiger partial charge in [0.25, 0.3) is 0 Å². The Labute approximate surface area is 175 Å². The van der Waals surface area contributed by atoms with Crippen molar-refractivity contribution in [1.82, 2.24) is 4.90 Å². The summed E-state index contributed by atoms with van der Waals surface area (Å²) >= 11 is 12.3. The Bertz CT molecular complexity index is 844. The molecule has 28 heavy (non-hydrogen) atoms. The van der Waals surface area contributed by atoms with E-state index < -0.39 is 0 Å². The van der Waals surface area contributed by atoms with Crippen LogP contribution >= 0.6 is 23.2 Å². The normalized spacial score (nSPS) is 17.2. The molecule has 1 aliphatic rings. The molecule has 1 amide bonds. The molecule has 1 saturated heterocycles. The van der Waals surface area contributed by atoms with E-state index >= 15 is 0 Å². The van der Waals surface area contributed by atoms with Crippen molar-refractivity contribution in [2.75, 3.05) is 32.6 Å². The second-order valence-corrected chi connectivity index (χ2v) is 7.71. The number of ether oxygens (including phenoxy) is 2. The largest absolute Gasteiger partial charge is 0.493 e. The average molecular weight is 423 g/mol. The van der Waals surface area contributed by atoms with Gasteiger partial charge >= 0.3 is 0 Å². The molecule has 7 heteroatoms. The maximum Gasteiger partial charge on any atom is 0.228 e. The van der Waals surface area contributed by atoms with Crippen LogP contribution in [0.5, 0.6) is 11.5 Å². The van der Waals surface area contributed by atoms with Crippen molar-refractivity contribution >= 4 is 34.8 Å². The Morgan fingerprint density at radius 3 is 2.64 bits per heavy atom. The topological polar surface area (TPSA) is 50.8 Å². The van der Waals surface area contributed by atoms with Gasteiger partial charge in [0, 0.05) is 34.9 Å². The summed E-state index contributed by atoms with van der Waals surface area (Å²) in [4.78, 5) is 15.0. The number of carbonyl (C=O) groups excluding carboxylic acids is 1. The minimum absolute atomic E-state index is 0.0131. The number of hydrogen-bond acceptors (Lipinski definition) is 4. The van der Waals surface area contributed by atoms with E-state index in [1.165, 1.54) is 0 Å². The number of piperidine rings is 1. The zero-order valence-corrected chi connectivity index (χ0v) is 17.5. The van der Waals surface area contributed by atoms with Crippen LogP contribution in [-0.2, 0) is 11.3 Å². The number of methoxy groups -OCH3 is 2. The van der Waals surface area contributed by atoms with Gasteiger partial charge in [0.05, 0.1) is 20.1 Å². The highest BCUT2D eigenvalue weighted by Crippen LogP contribution is 2.30. The smallest absolute Gasteiger partial charge is 0.228 e. The van der Waals surface area contributed by atoms with Gasteiger partial charge < -0.3 is 14.8 Å². The summed E-state index contributed by atoms with van der Waals surface area (Å²) in [6, 6.07) is 10.9. The van der Waals surface area contributed by atoms with Crippen molar-refractivity contribution in [1.29, 1.82) is 0 Å². The van der Waals surface area contributed by atoms with Crippen LogP contribution in [-0.4, -0.2) is 38.1 Å². The third-order valence-electron chi connectivity index (χ3n) is 4.94. The lowest BCUT2D eigenvalue weighted by Crippen LogP contribution is -2.40. The first-order valence-corrected chi connectivity index (χ1v) is 9.95. The van der Waals surface area contributed by atoms with Crippen molar-refractivity contribution in [3.8, 4) is 11.5 Å². The molecule has 1 fully saturated rings. The molecule has 1 unspecified atom stereocenters. The minimum Gasteiger partial charge on any atom is -0.493 e. The van der Waals surface area contributed by atoms with E-state index in [9.17, 15) is 4.79 Å². The predicted octanol–water partition coefficient (Wildman–Crippen LogP) is 4.86. The molecule has 1 aliphatic heterocycles. The first-order chi connectivity index (χ1) is 13.5. The van der Waals surface area contributed by atoms with Crippen LogP contribution in [0, 0.1) is 5.92 Å². The summed E-state index contributed by atoms with van der Waals surface area (Å²) < 4.78 is 10.5. The SMILES string of the molecule is COc1ccc(NC(=O)C2CCCN(Cc3ccc(Cl)cc3Cl)C2)cc1OC. The van der Waals surface area contributed by atoms with Gasteiger partial charge in [-0.15, -0.1) is 0 Å². The third kappa shape index (κ3) is 5.10. The number of likely N-dealkylation sites (tertiary alicyclic amines) is 1. The fourth-order valence-corrected chi connectivity index (χ4v) is 3.93. The predicted molar refractivity (Wildman–Crippen MR) is 113 cm³/mol. The molecular formula is C21H24Cl2N2O3. The van der Waals surface area contributed by atoms with E-state index in [4.69, 9.17) is 32.7 Å². The van der Waals surface area contributed by atoms with Crippen LogP contribution in [0.4, 0.5) is 5.69 Å². The molecule has 0 aliphatic carbocycles. The number of hydrogen-bond donors (Lipinski definition) is 1. The van der Waals surface area contributed by atoms with Gasteiger partial charge in [0.2, 0.25) is 5.91 Å². The highest BCUT2D eigenvalue weighted by atomic mass is 35.5. The summed E-state index contributed by atoms with van der Waals surface area (Å²) in [5.41, 5.74) is 1.72. The first kappa shape index (κ1) is 20.8. The second kappa shape index (κ2) is 9.50. The molecule has 1 heterocycles. The number of rotatable bonds is 6. The second-order valence-electron chi connectivity index (χ2n) is 6.87. The Hall–Kier alpha value is -1.95. The van der Waals surface area contributed by atoms with E-state index in [-0.39, 0.29) is 11.8 Å². The summed E-state index contributed by atoms with van der Waals surface area (Å²) in [5.74, 6) is 1.15. The molecule has 0 spiro atoms. The summed E-state index contributed by atoms with van der Waals surface area (Å²) in [5, 5.41) is 4.28. The number of nitrogens with zero attached hydrogens (tertiary/aromatic N) is 1. The molecule has 2 aromatic rings. The molecular weight excluding hydrogens is 399 g/mol. The number of anilines is 1. The zero-order valence-electron chi connectivity index (χ0n) is 16.0. The van der Waals surface area contributed by atoms with Crippen molar-refractivity contribution in [3.05, 3.63) is 52.0 Å². The molecule has 2 aromatic carbocycles. The fraction of sp³-hybridized carbons (Fsp3) is 0.381. The van der Waals surface area contributed by atoms with Gasteiger partial charge in [0.1, 0.15) is 0 Å². The summed E-state index contributed by atoms with van der Waals surface area (Å²) in [6.07, 6.45) is 1.83. The van der Waals surface area contributed by atoms with Crippen LogP contribution < -0.4 is 14.8 Å². The maximum atomic E-state index is 12.8. The number of benzene rings is 2. The standard InChI is InChI=1S/C21H24Cl2N2O3/c1-27-19-8-7-17(11-20(19)28-2)24-21(26)15-4-3-9-25(13-15)12-14-5-6-16(22)10-18(14)23/h5-8,10-11,15H,3-4,9,12-13H2,1-2H3,(H,24,26). The molecule has 1 atom stereocenters. The lowest BCUT2D eigenvalue weighted by molar-refractivity contribution is -0.121. The highest BCUT2D eigenvalue weighted by molar-refractivity contribution is 6.35. The number of halogens is 2. The van der Waals surface area contributed by atoms with E-state index in [1.807, 2.05) is 18.2 Å². The first-order valence-electron chi connectivity index (χ1n) is 9.19. The van der Waals surface area contributed by atoms with Gasteiger partial charge in [-0.3, -0.25) is 9.69 Å². The van der Waals surface area contributed by atoms with Gasteiger partial charge in [-0.25, -0.2) is 0 Å². The van der Waals surface area contributed by atoms with Crippen molar-refractivity contribution in [3.63, 3.8) is 0 Å². The summed E-state index contributed by atoms with van der Waals surface area (Å²) in [7, 11) is 3.16. The molecule has 0 radical (unpaired) electrons. The van der Waals surface area contributed by atoms with Crippen LogP contribution in [0.1, 0.15) is 18.4 Å². The molecule has 0 aromatic heterocycles. The van der Waals surface area contributed by atoms with Crippen LogP contribution in [0.3, 0.4) is 0 Å². The van der Waals surface area contributed by atoms with Gasteiger partial charge in [-0.1, -0.05) is 29.3 Å². The molecule has 3 rings (SSSR count). The quantitative estimate of drug-likeness (QED) is 0.721. The van der Waals surface area contributed by atoms with Crippen LogP contribution in [0.25, 0.3) is 0 Å². The maximum absolute atomic E-state index is 12.8. The number of carbonyl (C=O) groups is 1. The van der Waals surface area contributed by atoms with Crippen molar-refractivity contribution in [2.24, 2.45) is 5.92 Å². The molecule has 5 nitrogen and oxygen atoms in total. The molecule has 150 valence electrons. The number of nitrogens with one attached hydrogen (secondary N) is 1. The highest BCUT2D eigenvalue weighted by Gasteiger charge is 2.26. The minimum atomic E-state index is -0.0760. The number of amides is 1. The van der Waals surface area contributed by atoms with Crippen LogP contribution in [0.15, 0.2) is 36.4 Å². The van der Waals surface area contributed by atoms with Crippen molar-refractivity contribution < 1.29 is 14.3 Å². The average Bonchev–Trinajstić information content (AvgIpc) is 2.70. The monoisotopic (exact) mass is 422 g/mol. The van der Waals surface area contributed by atoms with Gasteiger partial charge in [-0.2, -0.15) is 0 Å². The van der Waals surface area contributed by atoms with Crippen LogP contribution in [0.2, 0.25) is 10.0 Å². The van der Waals surface area contributed by atoms with Crippen molar-refractivity contribution in [2.45, 2.75) is 19.4 Å². The molecule has 1 N–H and O–H groups in total. The Balaban J connectivity index is 1.62. The molecule has 0 saturated carbocycles. The summed E-state index contributed by atoms with van der Waals surface area (Å²) in [6.45, 7) is 2.34. The Morgan fingerprint density at radius 1 is 1.14 bits per heavy atom. The lowest BCUT2D eigenvalue weighted by atomic mass is 9.96. The molecule has 0 bridgehead atoms. The van der Waals surface area contributed by atoms with E-state index in [1.54, 1.807) is 32.4 Å². The van der Waals surface area contributed by atoms with Gasteiger partial charge in [0.15, 0.2) is 11.5 Å². The van der Waals surface area contributed by atoms with E-state index in [2.05, 4.69) is 10.2 Å². The van der Waals surface area contributed by atoms with E-state index in [0.717, 1.165) is 24.9 Å². The Kier molecular flexibility index (Phi) is 7.05. The zero-order chi connectivity index (χ0) is 20.1.